The fourth-order valence-corrected chi connectivity index (χ4v) is 3.39. The van der Waals surface area contributed by atoms with Crippen LogP contribution in [0.4, 0.5) is 5.69 Å². The highest BCUT2D eigenvalue weighted by atomic mass is 32.2. The molecule has 1 rings (SSSR count). The Morgan fingerprint density at radius 2 is 1.95 bits per heavy atom. The van der Waals surface area contributed by atoms with Crippen molar-refractivity contribution < 1.29 is 18.3 Å². The highest BCUT2D eigenvalue weighted by Crippen LogP contribution is 2.22. The van der Waals surface area contributed by atoms with Crippen molar-refractivity contribution in [1.29, 1.82) is 0 Å². The van der Waals surface area contributed by atoms with Gasteiger partial charge in [-0.25, -0.2) is 13.1 Å². The molecule has 0 heterocycles. The Hall–Kier alpha value is -1.15. The predicted octanol–water partition coefficient (Wildman–Crippen LogP) is 1.18. The van der Waals surface area contributed by atoms with E-state index in [2.05, 4.69) is 10.0 Å². The number of rotatable bonds is 9. The van der Waals surface area contributed by atoms with Crippen LogP contribution < -0.4 is 10.0 Å². The maximum absolute atomic E-state index is 12.3. The smallest absolute Gasteiger partial charge is 0.242 e. The maximum Gasteiger partial charge on any atom is 0.242 e. The van der Waals surface area contributed by atoms with Crippen LogP contribution in [0.25, 0.3) is 0 Å². The number of nitrogens with one attached hydrogen (secondary N) is 2. The fourth-order valence-electron chi connectivity index (χ4n) is 1.97. The topological polar surface area (TPSA) is 87.7 Å². The number of para-hydroxylation sites is 1. The van der Waals surface area contributed by atoms with Gasteiger partial charge in [0.1, 0.15) is 4.90 Å². The zero-order chi connectivity index (χ0) is 15.9. The third kappa shape index (κ3) is 5.62. The molecule has 0 radical (unpaired) electrons. The molecule has 0 spiro atoms. The molecule has 1 aromatic rings. The standard InChI is InChI=1S/C14H24N2O4S/c1-11(2)16-21(18,19)14-7-5-4-6-13(14)15-12(8-9-17)10-20-3/h4-7,11-12,15-17H,8-10H2,1-3H3. The number of hydrogen-bond acceptors (Lipinski definition) is 5. The van der Waals surface area contributed by atoms with Crippen molar-refractivity contribution in [3.63, 3.8) is 0 Å². The molecule has 21 heavy (non-hydrogen) atoms. The first kappa shape index (κ1) is 17.9. The second-order valence-electron chi connectivity index (χ2n) is 5.08. The van der Waals surface area contributed by atoms with Crippen LogP contribution in [0.2, 0.25) is 0 Å². The van der Waals surface area contributed by atoms with Gasteiger partial charge in [-0.05, 0) is 32.4 Å². The van der Waals surface area contributed by atoms with E-state index in [1.807, 2.05) is 0 Å². The van der Waals surface area contributed by atoms with Crippen LogP contribution >= 0.6 is 0 Å². The first-order chi connectivity index (χ1) is 9.90. The van der Waals surface area contributed by atoms with E-state index in [1.54, 1.807) is 45.2 Å². The highest BCUT2D eigenvalue weighted by molar-refractivity contribution is 7.89. The Kier molecular flexibility index (Phi) is 7.10. The Bertz CT molecular complexity index is 526. The van der Waals surface area contributed by atoms with Gasteiger partial charge < -0.3 is 15.2 Å². The van der Waals surface area contributed by atoms with E-state index < -0.39 is 10.0 Å². The minimum Gasteiger partial charge on any atom is -0.396 e. The fraction of sp³-hybridized carbons (Fsp3) is 0.571. The van der Waals surface area contributed by atoms with Gasteiger partial charge in [0.05, 0.1) is 18.3 Å². The lowest BCUT2D eigenvalue weighted by molar-refractivity contribution is 0.170. The van der Waals surface area contributed by atoms with Gasteiger partial charge in [0.25, 0.3) is 0 Å². The maximum atomic E-state index is 12.3. The van der Waals surface area contributed by atoms with Gasteiger partial charge >= 0.3 is 0 Å². The molecule has 0 aliphatic heterocycles. The van der Waals surface area contributed by atoms with Crippen LogP contribution in [-0.2, 0) is 14.8 Å². The van der Waals surface area contributed by atoms with Crippen LogP contribution in [0.15, 0.2) is 29.2 Å². The van der Waals surface area contributed by atoms with Gasteiger partial charge in [-0.1, -0.05) is 12.1 Å². The van der Waals surface area contributed by atoms with Crippen LogP contribution in [0.3, 0.4) is 0 Å². The summed E-state index contributed by atoms with van der Waals surface area (Å²) in [5.41, 5.74) is 0.501. The molecule has 1 aromatic carbocycles. The van der Waals surface area contributed by atoms with Gasteiger partial charge in [-0.3, -0.25) is 0 Å². The minimum atomic E-state index is -3.58. The molecular formula is C14H24N2O4S. The van der Waals surface area contributed by atoms with Crippen LogP contribution in [0, 0.1) is 0 Å². The lowest BCUT2D eigenvalue weighted by Crippen LogP contribution is -2.32. The van der Waals surface area contributed by atoms with Crippen molar-refractivity contribution in [3.05, 3.63) is 24.3 Å². The van der Waals surface area contributed by atoms with Crippen LogP contribution in [0.1, 0.15) is 20.3 Å². The number of ether oxygens (including phenoxy) is 1. The summed E-state index contributed by atoms with van der Waals surface area (Å²) in [7, 11) is -2.02. The molecule has 0 saturated heterocycles. The van der Waals surface area contributed by atoms with Crippen molar-refractivity contribution >= 4 is 15.7 Å². The van der Waals surface area contributed by atoms with Crippen molar-refractivity contribution in [2.45, 2.75) is 37.2 Å². The summed E-state index contributed by atoms with van der Waals surface area (Å²) in [5, 5.41) is 12.2. The van der Waals surface area contributed by atoms with E-state index >= 15 is 0 Å². The Morgan fingerprint density at radius 1 is 1.29 bits per heavy atom. The van der Waals surface area contributed by atoms with Crippen LogP contribution in [-0.4, -0.2) is 45.9 Å². The minimum absolute atomic E-state index is 0.000186. The largest absolute Gasteiger partial charge is 0.396 e. The molecule has 0 saturated carbocycles. The molecule has 3 N–H and O–H groups in total. The first-order valence-corrected chi connectivity index (χ1v) is 8.36. The summed E-state index contributed by atoms with van der Waals surface area (Å²) in [6.07, 6.45) is 0.472. The molecule has 0 fully saturated rings. The van der Waals surface area contributed by atoms with Crippen molar-refractivity contribution in [2.75, 3.05) is 25.6 Å². The number of methoxy groups -OCH3 is 1. The summed E-state index contributed by atoms with van der Waals surface area (Å²) in [5.74, 6) is 0. The number of hydrogen-bond donors (Lipinski definition) is 3. The number of sulfonamides is 1. The van der Waals surface area contributed by atoms with Crippen molar-refractivity contribution in [1.82, 2.24) is 4.72 Å². The third-order valence-electron chi connectivity index (χ3n) is 2.77. The molecule has 120 valence electrons. The average Bonchev–Trinajstić information content (AvgIpc) is 2.38. The second-order valence-corrected chi connectivity index (χ2v) is 6.76. The Morgan fingerprint density at radius 3 is 2.52 bits per heavy atom. The highest BCUT2D eigenvalue weighted by Gasteiger charge is 2.20. The van der Waals surface area contributed by atoms with Gasteiger partial charge in [-0.15, -0.1) is 0 Å². The number of aliphatic hydroxyl groups is 1. The normalized spacial score (nSPS) is 13.4. The van der Waals surface area contributed by atoms with Crippen molar-refractivity contribution in [2.24, 2.45) is 0 Å². The molecule has 0 bridgehead atoms. The third-order valence-corrected chi connectivity index (χ3v) is 4.49. The monoisotopic (exact) mass is 316 g/mol. The number of anilines is 1. The summed E-state index contributed by atoms with van der Waals surface area (Å²) in [4.78, 5) is 0.192. The Balaban J connectivity index is 3.03. The molecular weight excluding hydrogens is 292 g/mol. The summed E-state index contributed by atoms with van der Waals surface area (Å²) in [6.45, 7) is 3.92. The molecule has 1 unspecified atom stereocenters. The van der Waals surface area contributed by atoms with E-state index in [1.165, 1.54) is 0 Å². The Labute approximate surface area is 126 Å². The molecule has 0 aromatic heterocycles. The summed E-state index contributed by atoms with van der Waals surface area (Å²) < 4.78 is 32.3. The van der Waals surface area contributed by atoms with E-state index in [0.717, 1.165) is 0 Å². The molecule has 0 amide bonds. The number of aliphatic hydroxyl groups excluding tert-OH is 1. The van der Waals surface area contributed by atoms with E-state index in [4.69, 9.17) is 9.84 Å². The van der Waals surface area contributed by atoms with Crippen LogP contribution in [0.5, 0.6) is 0 Å². The molecule has 0 aliphatic rings. The van der Waals surface area contributed by atoms with Gasteiger partial charge in [0.15, 0.2) is 0 Å². The predicted molar refractivity (Wildman–Crippen MR) is 82.9 cm³/mol. The van der Waals surface area contributed by atoms with E-state index in [9.17, 15) is 8.42 Å². The van der Waals surface area contributed by atoms with Gasteiger partial charge in [-0.2, -0.15) is 0 Å². The lowest BCUT2D eigenvalue weighted by atomic mass is 10.2. The lowest BCUT2D eigenvalue weighted by Gasteiger charge is -2.21. The first-order valence-electron chi connectivity index (χ1n) is 6.88. The molecule has 7 heteroatoms. The summed E-state index contributed by atoms with van der Waals surface area (Å²) >= 11 is 0. The molecule has 1 atom stereocenters. The van der Waals surface area contributed by atoms with E-state index in [0.29, 0.717) is 18.7 Å². The van der Waals surface area contributed by atoms with Gasteiger partial charge in [0.2, 0.25) is 10.0 Å². The zero-order valence-corrected chi connectivity index (χ0v) is 13.5. The quantitative estimate of drug-likeness (QED) is 0.637. The van der Waals surface area contributed by atoms with Crippen molar-refractivity contribution in [3.8, 4) is 0 Å². The number of benzene rings is 1. The van der Waals surface area contributed by atoms with E-state index in [-0.39, 0.29) is 23.6 Å². The molecule has 0 aliphatic carbocycles. The SMILES string of the molecule is COCC(CCO)Nc1ccccc1S(=O)(=O)NC(C)C. The molecule has 6 nitrogen and oxygen atoms in total. The average molecular weight is 316 g/mol. The zero-order valence-electron chi connectivity index (χ0n) is 12.7. The second kappa shape index (κ2) is 8.33. The van der Waals surface area contributed by atoms with Gasteiger partial charge in [0, 0.05) is 19.8 Å². The summed E-state index contributed by atoms with van der Waals surface area (Å²) in [6, 6.07) is 6.35.